The summed E-state index contributed by atoms with van der Waals surface area (Å²) >= 11 is 9.49. The van der Waals surface area contributed by atoms with Crippen molar-refractivity contribution in [2.75, 3.05) is 0 Å². The van der Waals surface area contributed by atoms with Gasteiger partial charge in [-0.1, -0.05) is 39.7 Å². The van der Waals surface area contributed by atoms with E-state index in [1.54, 1.807) is 6.07 Å². The van der Waals surface area contributed by atoms with Crippen LogP contribution in [0.5, 0.6) is 0 Å². The maximum atomic E-state index is 11.3. The Balaban J connectivity index is 2.13. The van der Waals surface area contributed by atoms with Crippen molar-refractivity contribution >= 4 is 38.6 Å². The van der Waals surface area contributed by atoms with Crippen molar-refractivity contribution in [3.63, 3.8) is 0 Å². The van der Waals surface area contributed by atoms with Crippen LogP contribution >= 0.6 is 27.5 Å². The molecule has 102 valence electrons. The average molecular weight is 353 g/mol. The van der Waals surface area contributed by atoms with Crippen LogP contribution < -0.4 is 11.4 Å². The molecule has 0 spiro atoms. The molecule has 2 aromatic carbocycles. The molecule has 0 aliphatic heterocycles. The van der Waals surface area contributed by atoms with Gasteiger partial charge in [-0.15, -0.1) is 0 Å². The summed E-state index contributed by atoms with van der Waals surface area (Å²) in [6, 6.07) is 10.8. The van der Waals surface area contributed by atoms with Gasteiger partial charge < -0.3 is 15.7 Å². The Morgan fingerprint density at radius 2 is 1.85 bits per heavy atom. The lowest BCUT2D eigenvalue weighted by molar-refractivity contribution is 0.867. The molecule has 1 unspecified atom stereocenters. The smallest absolute Gasteiger partial charge is 0.320 e. The van der Waals surface area contributed by atoms with E-state index in [9.17, 15) is 4.79 Å². The number of benzene rings is 2. The zero-order valence-electron chi connectivity index (χ0n) is 10.3. The molecule has 1 heterocycles. The molecule has 0 aliphatic carbocycles. The van der Waals surface area contributed by atoms with Crippen LogP contribution in [0.25, 0.3) is 11.0 Å². The summed E-state index contributed by atoms with van der Waals surface area (Å²) < 4.78 is 0.840. The first-order chi connectivity index (χ1) is 9.54. The molecule has 0 saturated heterocycles. The normalized spacial score (nSPS) is 12.8. The van der Waals surface area contributed by atoms with Crippen LogP contribution in [0, 0.1) is 0 Å². The first-order valence-corrected chi connectivity index (χ1v) is 7.14. The van der Waals surface area contributed by atoms with Crippen LogP contribution in [0.4, 0.5) is 0 Å². The van der Waals surface area contributed by atoms with E-state index in [1.807, 2.05) is 30.3 Å². The number of nitrogens with one attached hydrogen (secondary N) is 2. The summed E-state index contributed by atoms with van der Waals surface area (Å²) in [6.07, 6.45) is 0. The van der Waals surface area contributed by atoms with Gasteiger partial charge in [-0.05, 0) is 35.4 Å². The maximum absolute atomic E-state index is 11.3. The number of hydrogen-bond donors (Lipinski definition) is 3. The molecule has 0 radical (unpaired) electrons. The van der Waals surface area contributed by atoms with Crippen molar-refractivity contribution in [3.8, 4) is 0 Å². The average Bonchev–Trinajstić information content (AvgIpc) is 2.76. The van der Waals surface area contributed by atoms with E-state index in [0.717, 1.165) is 26.6 Å². The summed E-state index contributed by atoms with van der Waals surface area (Å²) in [4.78, 5) is 16.8. The summed E-state index contributed by atoms with van der Waals surface area (Å²) in [7, 11) is 0. The molecular weight excluding hydrogens is 342 g/mol. The SMILES string of the molecule is NC(c1cccc(Cl)c1)c1cc2[nH]c(=O)[nH]c2cc1Br. The Kier molecular flexibility index (Phi) is 3.41. The zero-order chi connectivity index (χ0) is 14.3. The topological polar surface area (TPSA) is 74.7 Å². The Hall–Kier alpha value is -1.56. The second-order valence-electron chi connectivity index (χ2n) is 4.53. The molecule has 3 aromatic rings. The molecule has 0 saturated carbocycles. The highest BCUT2D eigenvalue weighted by Gasteiger charge is 2.14. The van der Waals surface area contributed by atoms with E-state index >= 15 is 0 Å². The van der Waals surface area contributed by atoms with Crippen LogP contribution in [-0.2, 0) is 0 Å². The molecule has 6 heteroatoms. The van der Waals surface area contributed by atoms with Gasteiger partial charge in [0, 0.05) is 9.50 Å². The second-order valence-corrected chi connectivity index (χ2v) is 5.82. The van der Waals surface area contributed by atoms with Gasteiger partial charge in [-0.3, -0.25) is 0 Å². The predicted octanol–water partition coefficient (Wildman–Crippen LogP) is 3.32. The van der Waals surface area contributed by atoms with Gasteiger partial charge in [-0.2, -0.15) is 0 Å². The van der Waals surface area contributed by atoms with Crippen LogP contribution in [0.15, 0.2) is 45.7 Å². The van der Waals surface area contributed by atoms with Gasteiger partial charge >= 0.3 is 5.69 Å². The number of imidazole rings is 1. The van der Waals surface area contributed by atoms with Gasteiger partial charge in [0.15, 0.2) is 0 Å². The number of halogens is 2. The third-order valence-corrected chi connectivity index (χ3v) is 4.10. The minimum atomic E-state index is -0.328. The largest absolute Gasteiger partial charge is 0.323 e. The number of rotatable bonds is 2. The van der Waals surface area contributed by atoms with Gasteiger partial charge in [0.2, 0.25) is 0 Å². The molecule has 1 atom stereocenters. The first kappa shape index (κ1) is 13.4. The van der Waals surface area contributed by atoms with Crippen molar-refractivity contribution in [1.82, 2.24) is 9.97 Å². The molecule has 1 aromatic heterocycles. The Morgan fingerprint density at radius 1 is 1.15 bits per heavy atom. The van der Waals surface area contributed by atoms with Gasteiger partial charge in [-0.25, -0.2) is 4.79 Å². The number of nitrogens with two attached hydrogens (primary N) is 1. The van der Waals surface area contributed by atoms with E-state index in [4.69, 9.17) is 17.3 Å². The van der Waals surface area contributed by atoms with E-state index in [0.29, 0.717) is 5.02 Å². The van der Waals surface area contributed by atoms with E-state index < -0.39 is 0 Å². The predicted molar refractivity (Wildman–Crippen MR) is 84.1 cm³/mol. The summed E-state index contributed by atoms with van der Waals surface area (Å²) in [5.41, 5.74) is 9.32. The van der Waals surface area contributed by atoms with Crippen molar-refractivity contribution in [1.29, 1.82) is 0 Å². The molecule has 3 rings (SSSR count). The molecule has 4 nitrogen and oxygen atoms in total. The number of H-pyrrole nitrogens is 2. The fourth-order valence-corrected chi connectivity index (χ4v) is 2.98. The van der Waals surface area contributed by atoms with Crippen LogP contribution in [-0.4, -0.2) is 9.97 Å². The van der Waals surface area contributed by atoms with Crippen molar-refractivity contribution < 1.29 is 0 Å². The first-order valence-electron chi connectivity index (χ1n) is 5.97. The lowest BCUT2D eigenvalue weighted by Gasteiger charge is -2.15. The van der Waals surface area contributed by atoms with Gasteiger partial charge in [0.1, 0.15) is 0 Å². The lowest BCUT2D eigenvalue weighted by atomic mass is 9.99. The fourth-order valence-electron chi connectivity index (χ4n) is 2.19. The quantitative estimate of drug-likeness (QED) is 0.662. The molecule has 0 amide bonds. The number of hydrogen-bond acceptors (Lipinski definition) is 2. The molecule has 0 fully saturated rings. The Morgan fingerprint density at radius 3 is 2.55 bits per heavy atom. The Bertz CT molecular complexity index is 840. The van der Waals surface area contributed by atoms with Crippen molar-refractivity contribution in [2.24, 2.45) is 5.73 Å². The highest BCUT2D eigenvalue weighted by Crippen LogP contribution is 2.30. The minimum Gasteiger partial charge on any atom is -0.320 e. The number of aromatic amines is 2. The summed E-state index contributed by atoms with van der Waals surface area (Å²) in [5.74, 6) is 0. The van der Waals surface area contributed by atoms with E-state index in [-0.39, 0.29) is 11.7 Å². The number of fused-ring (bicyclic) bond motifs is 1. The maximum Gasteiger partial charge on any atom is 0.323 e. The van der Waals surface area contributed by atoms with Crippen molar-refractivity contribution in [3.05, 3.63) is 67.5 Å². The highest BCUT2D eigenvalue weighted by atomic mass is 79.9. The molecule has 0 aliphatic rings. The zero-order valence-corrected chi connectivity index (χ0v) is 12.6. The van der Waals surface area contributed by atoms with E-state index in [1.165, 1.54) is 0 Å². The highest BCUT2D eigenvalue weighted by molar-refractivity contribution is 9.10. The molecular formula is C14H11BrClN3O. The third kappa shape index (κ3) is 2.40. The second kappa shape index (κ2) is 5.09. The molecule has 4 N–H and O–H groups in total. The summed E-state index contributed by atoms with van der Waals surface area (Å²) in [5, 5.41) is 0.644. The Labute approximate surface area is 128 Å². The van der Waals surface area contributed by atoms with Crippen LogP contribution in [0.2, 0.25) is 5.02 Å². The van der Waals surface area contributed by atoms with Crippen LogP contribution in [0.3, 0.4) is 0 Å². The number of aromatic nitrogens is 2. The lowest BCUT2D eigenvalue weighted by Crippen LogP contribution is -2.12. The summed E-state index contributed by atoms with van der Waals surface area (Å²) in [6.45, 7) is 0. The fraction of sp³-hybridized carbons (Fsp3) is 0.0714. The third-order valence-electron chi connectivity index (χ3n) is 3.18. The molecule has 20 heavy (non-hydrogen) atoms. The standard InChI is InChI=1S/C14H11BrClN3O/c15-10-6-12-11(18-14(20)19-12)5-9(10)13(17)7-2-1-3-8(16)4-7/h1-6,13H,17H2,(H2,18,19,20). The van der Waals surface area contributed by atoms with Crippen LogP contribution in [0.1, 0.15) is 17.2 Å². The van der Waals surface area contributed by atoms with Gasteiger partial charge in [0.25, 0.3) is 0 Å². The monoisotopic (exact) mass is 351 g/mol. The minimum absolute atomic E-state index is 0.236. The van der Waals surface area contributed by atoms with E-state index in [2.05, 4.69) is 25.9 Å². The van der Waals surface area contributed by atoms with Crippen molar-refractivity contribution in [2.45, 2.75) is 6.04 Å². The van der Waals surface area contributed by atoms with Gasteiger partial charge in [0.05, 0.1) is 17.1 Å². The molecule has 0 bridgehead atoms.